The Kier molecular flexibility index (Phi) is 3.57. The van der Waals surface area contributed by atoms with Gasteiger partial charge >= 0.3 is 5.97 Å². The molecule has 2 rings (SSSR count). The van der Waals surface area contributed by atoms with Crippen molar-refractivity contribution in [3.8, 4) is 0 Å². The predicted molar refractivity (Wildman–Crippen MR) is 67.1 cm³/mol. The summed E-state index contributed by atoms with van der Waals surface area (Å²) < 4.78 is 23.2. The van der Waals surface area contributed by atoms with Crippen LogP contribution >= 0.6 is 0 Å². The molecule has 2 aliphatic rings. The molecule has 3 N–H and O–H groups in total. The summed E-state index contributed by atoms with van der Waals surface area (Å²) in [5, 5.41) is 8.85. The topological polar surface area (TPSA) is 118 Å². The van der Waals surface area contributed by atoms with E-state index in [0.717, 1.165) is 0 Å². The van der Waals surface area contributed by atoms with Crippen LogP contribution in [0, 0.1) is 5.41 Å². The monoisotopic (exact) mass is 290 g/mol. The zero-order valence-corrected chi connectivity index (χ0v) is 11.4. The molecular formula is C11H18N2O5S. The molecule has 0 bridgehead atoms. The molecular weight excluding hydrogens is 272 g/mol. The number of hydrogen-bond acceptors (Lipinski definition) is 5. The molecule has 0 aromatic rings. The van der Waals surface area contributed by atoms with Gasteiger partial charge in [-0.2, -0.15) is 0 Å². The quantitative estimate of drug-likeness (QED) is 0.673. The Morgan fingerprint density at radius 3 is 2.47 bits per heavy atom. The molecule has 108 valence electrons. The summed E-state index contributed by atoms with van der Waals surface area (Å²) >= 11 is 0. The average Bonchev–Trinajstić information content (AvgIpc) is 3.07. The first-order chi connectivity index (χ1) is 8.80. The van der Waals surface area contributed by atoms with E-state index in [9.17, 15) is 18.0 Å². The highest BCUT2D eigenvalue weighted by molar-refractivity contribution is 7.91. The lowest BCUT2D eigenvalue weighted by molar-refractivity contribution is -0.142. The van der Waals surface area contributed by atoms with Gasteiger partial charge in [-0.3, -0.25) is 9.59 Å². The molecule has 0 aromatic carbocycles. The van der Waals surface area contributed by atoms with Crippen molar-refractivity contribution in [2.45, 2.75) is 25.3 Å². The largest absolute Gasteiger partial charge is 0.481 e. The van der Waals surface area contributed by atoms with Crippen LogP contribution in [0.4, 0.5) is 0 Å². The van der Waals surface area contributed by atoms with Gasteiger partial charge in [-0.05, 0) is 12.8 Å². The fourth-order valence-corrected chi connectivity index (χ4v) is 4.01. The van der Waals surface area contributed by atoms with Crippen LogP contribution in [-0.4, -0.2) is 60.9 Å². The SMILES string of the molecule is NCC1(C(=O)N2CCS(=O)(=O)CC2CC(=O)O)CC1. The number of sulfone groups is 1. The van der Waals surface area contributed by atoms with Crippen LogP contribution in [0.1, 0.15) is 19.3 Å². The number of rotatable bonds is 4. The van der Waals surface area contributed by atoms with Crippen molar-refractivity contribution >= 4 is 21.7 Å². The first-order valence-corrected chi connectivity index (χ1v) is 8.05. The Morgan fingerprint density at radius 1 is 1.37 bits per heavy atom. The molecule has 7 nitrogen and oxygen atoms in total. The summed E-state index contributed by atoms with van der Waals surface area (Å²) in [4.78, 5) is 24.6. The molecule has 1 heterocycles. The minimum Gasteiger partial charge on any atom is -0.481 e. The third-order valence-electron chi connectivity index (χ3n) is 3.90. The molecule has 1 atom stereocenters. The summed E-state index contributed by atoms with van der Waals surface area (Å²) in [6.45, 7) is 0.301. The molecule has 0 spiro atoms. The van der Waals surface area contributed by atoms with Gasteiger partial charge in [-0.15, -0.1) is 0 Å². The van der Waals surface area contributed by atoms with E-state index in [1.807, 2.05) is 0 Å². The molecule has 1 amide bonds. The maximum Gasteiger partial charge on any atom is 0.305 e. The van der Waals surface area contributed by atoms with Crippen LogP contribution in [0.2, 0.25) is 0 Å². The average molecular weight is 290 g/mol. The third kappa shape index (κ3) is 2.89. The Balaban J connectivity index is 2.17. The molecule has 8 heteroatoms. The van der Waals surface area contributed by atoms with Gasteiger partial charge in [-0.1, -0.05) is 0 Å². The van der Waals surface area contributed by atoms with Crippen molar-refractivity contribution in [2.75, 3.05) is 24.6 Å². The lowest BCUT2D eigenvalue weighted by Crippen LogP contribution is -2.54. The summed E-state index contributed by atoms with van der Waals surface area (Å²) in [5.41, 5.74) is 5.02. The Labute approximate surface area is 111 Å². The van der Waals surface area contributed by atoms with Gasteiger partial charge in [0.25, 0.3) is 0 Å². The highest BCUT2D eigenvalue weighted by Gasteiger charge is 2.52. The van der Waals surface area contributed by atoms with E-state index >= 15 is 0 Å². The van der Waals surface area contributed by atoms with Gasteiger partial charge in [0.1, 0.15) is 0 Å². The van der Waals surface area contributed by atoms with Crippen LogP contribution in [0.15, 0.2) is 0 Å². The summed E-state index contributed by atoms with van der Waals surface area (Å²) in [6, 6.07) is -0.771. The van der Waals surface area contributed by atoms with Crippen LogP contribution < -0.4 is 5.73 Å². The Morgan fingerprint density at radius 2 is 2.00 bits per heavy atom. The van der Waals surface area contributed by atoms with E-state index < -0.39 is 27.3 Å². The number of carbonyl (C=O) groups is 2. The molecule has 1 saturated carbocycles. The first-order valence-electron chi connectivity index (χ1n) is 6.23. The van der Waals surface area contributed by atoms with Gasteiger partial charge in [0, 0.05) is 13.1 Å². The zero-order chi connectivity index (χ0) is 14.3. The fraction of sp³-hybridized carbons (Fsp3) is 0.818. The Hall–Kier alpha value is -1.15. The third-order valence-corrected chi connectivity index (χ3v) is 5.60. The maximum atomic E-state index is 12.4. The van der Waals surface area contributed by atoms with Gasteiger partial charge in [0.05, 0.1) is 29.4 Å². The molecule has 2 fully saturated rings. The van der Waals surface area contributed by atoms with E-state index in [1.165, 1.54) is 4.90 Å². The van der Waals surface area contributed by atoms with E-state index in [-0.39, 0.29) is 36.9 Å². The van der Waals surface area contributed by atoms with E-state index in [2.05, 4.69) is 0 Å². The molecule has 0 aromatic heterocycles. The number of hydrogen-bond donors (Lipinski definition) is 2. The van der Waals surface area contributed by atoms with Crippen LogP contribution in [-0.2, 0) is 19.4 Å². The zero-order valence-electron chi connectivity index (χ0n) is 10.5. The Bertz CT molecular complexity index is 497. The standard InChI is InChI=1S/C11H18N2O5S/c12-7-11(1-2-11)10(16)13-3-4-19(17,18)6-8(13)5-9(14)15/h8H,1-7,12H2,(H,14,15). The minimum atomic E-state index is -3.26. The van der Waals surface area contributed by atoms with Gasteiger partial charge in [0.2, 0.25) is 5.91 Å². The highest BCUT2D eigenvalue weighted by Crippen LogP contribution is 2.46. The van der Waals surface area contributed by atoms with Crippen LogP contribution in [0.3, 0.4) is 0 Å². The minimum absolute atomic E-state index is 0.0703. The van der Waals surface area contributed by atoms with Gasteiger partial charge < -0.3 is 15.7 Å². The first kappa shape index (κ1) is 14.3. The lowest BCUT2D eigenvalue weighted by Gasteiger charge is -2.36. The molecule has 1 aliphatic heterocycles. The van der Waals surface area contributed by atoms with Gasteiger partial charge in [0.15, 0.2) is 9.84 Å². The number of carboxylic acid groups (broad SMARTS) is 1. The number of amides is 1. The molecule has 19 heavy (non-hydrogen) atoms. The van der Waals surface area contributed by atoms with Crippen molar-refractivity contribution < 1.29 is 23.1 Å². The number of nitrogens with two attached hydrogens (primary N) is 1. The van der Waals surface area contributed by atoms with Crippen molar-refractivity contribution in [2.24, 2.45) is 11.1 Å². The number of aliphatic carboxylic acids is 1. The number of nitrogens with zero attached hydrogens (tertiary/aromatic N) is 1. The predicted octanol–water partition coefficient (Wildman–Crippen LogP) is -1.17. The fourth-order valence-electron chi connectivity index (χ4n) is 2.49. The number of carbonyl (C=O) groups excluding carboxylic acids is 1. The van der Waals surface area contributed by atoms with Crippen LogP contribution in [0.25, 0.3) is 0 Å². The summed E-state index contributed by atoms with van der Waals surface area (Å²) in [7, 11) is -3.26. The van der Waals surface area contributed by atoms with Gasteiger partial charge in [-0.25, -0.2) is 8.42 Å². The second kappa shape index (κ2) is 4.75. The van der Waals surface area contributed by atoms with Crippen molar-refractivity contribution in [1.29, 1.82) is 0 Å². The van der Waals surface area contributed by atoms with E-state index in [0.29, 0.717) is 12.8 Å². The smallest absolute Gasteiger partial charge is 0.305 e. The lowest BCUT2D eigenvalue weighted by atomic mass is 10.0. The van der Waals surface area contributed by atoms with Crippen LogP contribution in [0.5, 0.6) is 0 Å². The molecule has 1 saturated heterocycles. The summed E-state index contributed by atoms with van der Waals surface area (Å²) in [5.74, 6) is -1.66. The normalized spacial score (nSPS) is 27.8. The van der Waals surface area contributed by atoms with Crippen molar-refractivity contribution in [3.63, 3.8) is 0 Å². The second-order valence-corrected chi connectivity index (χ2v) is 7.58. The summed E-state index contributed by atoms with van der Waals surface area (Å²) in [6.07, 6.45) is 1.06. The second-order valence-electron chi connectivity index (χ2n) is 5.35. The molecule has 0 radical (unpaired) electrons. The molecule has 1 unspecified atom stereocenters. The number of carboxylic acids is 1. The van der Waals surface area contributed by atoms with E-state index in [4.69, 9.17) is 10.8 Å². The van der Waals surface area contributed by atoms with Crippen molar-refractivity contribution in [3.05, 3.63) is 0 Å². The molecule has 1 aliphatic carbocycles. The highest BCUT2D eigenvalue weighted by atomic mass is 32.2. The van der Waals surface area contributed by atoms with E-state index in [1.54, 1.807) is 0 Å². The maximum absolute atomic E-state index is 12.4. The van der Waals surface area contributed by atoms with Crippen molar-refractivity contribution in [1.82, 2.24) is 4.90 Å².